The first kappa shape index (κ1) is 24.8. The van der Waals surface area contributed by atoms with Gasteiger partial charge in [0, 0.05) is 26.0 Å². The lowest BCUT2D eigenvalue weighted by Gasteiger charge is -2.24. The van der Waals surface area contributed by atoms with Gasteiger partial charge in [-0.25, -0.2) is 0 Å². The highest BCUT2D eigenvalue weighted by molar-refractivity contribution is 5.78. The predicted molar refractivity (Wildman–Crippen MR) is 124 cm³/mol. The molecule has 0 spiro atoms. The normalized spacial score (nSPS) is 13.8. The summed E-state index contributed by atoms with van der Waals surface area (Å²) < 4.78 is 16.1. The number of aromatic nitrogens is 3. The predicted octanol–water partition coefficient (Wildman–Crippen LogP) is 2.38. The summed E-state index contributed by atoms with van der Waals surface area (Å²) in [4.78, 5) is 37.4. The number of rotatable bonds is 11. The molecule has 182 valence electrons. The number of anilines is 2. The summed E-state index contributed by atoms with van der Waals surface area (Å²) in [7, 11) is 0. The van der Waals surface area contributed by atoms with Gasteiger partial charge in [-0.15, -0.1) is 0 Å². The van der Waals surface area contributed by atoms with Gasteiger partial charge in [0.05, 0.1) is 23.8 Å². The molecule has 0 aliphatic carbocycles. The van der Waals surface area contributed by atoms with Gasteiger partial charge in [-0.3, -0.25) is 19.9 Å². The number of ether oxygens (including phenoxy) is 3. The summed E-state index contributed by atoms with van der Waals surface area (Å²) in [5.74, 6) is -0.817. The molecular formula is C22H28N6O6. The second-order valence-corrected chi connectivity index (χ2v) is 7.64. The van der Waals surface area contributed by atoms with Gasteiger partial charge in [0.15, 0.2) is 0 Å². The van der Waals surface area contributed by atoms with E-state index in [4.69, 9.17) is 19.9 Å². The second-order valence-electron chi connectivity index (χ2n) is 7.64. The Morgan fingerprint density at radius 1 is 1.38 bits per heavy atom. The molecule has 0 amide bonds. The molecule has 1 saturated heterocycles. The molecule has 1 fully saturated rings. The van der Waals surface area contributed by atoms with Crippen molar-refractivity contribution in [2.45, 2.75) is 26.3 Å². The maximum Gasteiger partial charge on any atom is 0.353 e. The average molecular weight is 473 g/mol. The van der Waals surface area contributed by atoms with Crippen LogP contribution in [0.25, 0.3) is 6.08 Å². The van der Waals surface area contributed by atoms with E-state index in [0.717, 1.165) is 12.8 Å². The number of nitrogen functional groups attached to an aromatic ring is 1. The minimum absolute atomic E-state index is 0.0833. The van der Waals surface area contributed by atoms with Crippen molar-refractivity contribution in [2.24, 2.45) is 5.92 Å². The molecule has 0 atom stereocenters. The fraction of sp³-hybridized carbons (Fsp3) is 0.455. The zero-order valence-electron chi connectivity index (χ0n) is 19.0. The monoisotopic (exact) mass is 472 g/mol. The molecule has 12 heteroatoms. The summed E-state index contributed by atoms with van der Waals surface area (Å²) >= 11 is 0. The Kier molecular flexibility index (Phi) is 8.68. The third-order valence-corrected chi connectivity index (χ3v) is 5.20. The Morgan fingerprint density at radius 3 is 2.76 bits per heavy atom. The van der Waals surface area contributed by atoms with Gasteiger partial charge in [0.2, 0.25) is 11.6 Å². The first-order valence-corrected chi connectivity index (χ1v) is 10.9. The molecule has 0 bridgehead atoms. The van der Waals surface area contributed by atoms with E-state index in [1.165, 1.54) is 4.90 Å². The largest absolute Gasteiger partial charge is 0.465 e. The van der Waals surface area contributed by atoms with Gasteiger partial charge < -0.3 is 24.8 Å². The van der Waals surface area contributed by atoms with E-state index in [0.29, 0.717) is 31.1 Å². The highest BCUT2D eigenvalue weighted by Gasteiger charge is 2.30. The van der Waals surface area contributed by atoms with Crippen LogP contribution in [0, 0.1) is 16.0 Å². The van der Waals surface area contributed by atoms with E-state index in [-0.39, 0.29) is 43.3 Å². The van der Waals surface area contributed by atoms with Crippen LogP contribution in [-0.2, 0) is 20.8 Å². The topological polar surface area (TPSA) is 156 Å². The molecule has 2 N–H and O–H groups in total. The number of hydrogen-bond acceptors (Lipinski definition) is 11. The molecule has 3 heterocycles. The summed E-state index contributed by atoms with van der Waals surface area (Å²) in [6.45, 7) is 6.91. The number of pyridine rings is 1. The number of nitro groups is 1. The van der Waals surface area contributed by atoms with E-state index in [1.807, 2.05) is 0 Å². The Hall–Kier alpha value is -3.80. The van der Waals surface area contributed by atoms with Crippen LogP contribution < -0.4 is 15.4 Å². The first-order chi connectivity index (χ1) is 16.4. The number of esters is 1. The number of carbonyl (C=O) groups excluding carboxylic acids is 1. The van der Waals surface area contributed by atoms with Crippen molar-refractivity contribution in [1.82, 2.24) is 15.0 Å². The molecule has 0 unspecified atom stereocenters. The van der Waals surface area contributed by atoms with Crippen molar-refractivity contribution in [1.29, 1.82) is 0 Å². The van der Waals surface area contributed by atoms with Gasteiger partial charge in [0.25, 0.3) is 0 Å². The van der Waals surface area contributed by atoms with Crippen molar-refractivity contribution in [3.8, 4) is 6.01 Å². The van der Waals surface area contributed by atoms with Crippen LogP contribution in [0.5, 0.6) is 6.01 Å². The highest BCUT2D eigenvalue weighted by Crippen LogP contribution is 2.34. The third kappa shape index (κ3) is 6.61. The van der Waals surface area contributed by atoms with Gasteiger partial charge in [0.1, 0.15) is 6.54 Å². The number of nitrogens with zero attached hydrogens (tertiary/aromatic N) is 5. The molecule has 2 aromatic heterocycles. The molecule has 2 aromatic rings. The van der Waals surface area contributed by atoms with Crippen LogP contribution in [0.3, 0.4) is 0 Å². The molecule has 12 nitrogen and oxygen atoms in total. The van der Waals surface area contributed by atoms with E-state index in [1.54, 1.807) is 31.3 Å². The molecular weight excluding hydrogens is 444 g/mol. The third-order valence-electron chi connectivity index (χ3n) is 5.20. The molecule has 1 aliphatic heterocycles. The zero-order chi connectivity index (χ0) is 24.5. The standard InChI is InChI=1S/C22H28N6O6/c1-3-17-6-5-16(11-24-17)12-27(13-18(29)33-4-2)21-19(28(30)31)20(23)25-22(26-21)34-14-15-7-9-32-10-8-15/h3,5-6,11,15H,1,4,7-10,12-14H2,2H3,(H2,23,25,26). The van der Waals surface area contributed by atoms with Crippen LogP contribution in [-0.4, -0.2) is 58.8 Å². The van der Waals surface area contributed by atoms with Crippen LogP contribution in [0.2, 0.25) is 0 Å². The van der Waals surface area contributed by atoms with Crippen LogP contribution in [0.1, 0.15) is 31.0 Å². The molecule has 1 aliphatic rings. The SMILES string of the molecule is C=Cc1ccc(CN(CC(=O)OCC)c2nc(OCC3CCOCC3)nc(N)c2[N+](=O)[O-])cn1. The summed E-state index contributed by atoms with van der Waals surface area (Å²) in [6.07, 6.45) is 4.85. The maximum absolute atomic E-state index is 12.3. The number of hydrogen-bond donors (Lipinski definition) is 1. The minimum atomic E-state index is -0.676. The molecule has 0 aromatic carbocycles. The lowest BCUT2D eigenvalue weighted by Crippen LogP contribution is -2.32. The number of carbonyl (C=O) groups is 1. The Labute approximate surface area is 196 Å². The van der Waals surface area contributed by atoms with E-state index in [2.05, 4.69) is 21.5 Å². The van der Waals surface area contributed by atoms with Gasteiger partial charge >= 0.3 is 17.7 Å². The van der Waals surface area contributed by atoms with Crippen molar-refractivity contribution in [3.63, 3.8) is 0 Å². The maximum atomic E-state index is 12.3. The van der Waals surface area contributed by atoms with Crippen molar-refractivity contribution in [3.05, 3.63) is 46.3 Å². The van der Waals surface area contributed by atoms with Gasteiger partial charge in [-0.2, -0.15) is 9.97 Å². The van der Waals surface area contributed by atoms with E-state index >= 15 is 0 Å². The average Bonchev–Trinajstić information content (AvgIpc) is 2.83. The van der Waals surface area contributed by atoms with E-state index in [9.17, 15) is 14.9 Å². The highest BCUT2D eigenvalue weighted by atomic mass is 16.6. The molecule has 0 saturated carbocycles. The summed E-state index contributed by atoms with van der Waals surface area (Å²) in [5, 5.41) is 11.8. The minimum Gasteiger partial charge on any atom is -0.465 e. The van der Waals surface area contributed by atoms with Crippen molar-refractivity contribution >= 4 is 29.4 Å². The number of nitrogens with two attached hydrogens (primary N) is 1. The van der Waals surface area contributed by atoms with Gasteiger partial charge in [-0.05, 0) is 43.4 Å². The smallest absolute Gasteiger partial charge is 0.353 e. The van der Waals surface area contributed by atoms with Crippen LogP contribution in [0.15, 0.2) is 24.9 Å². The molecule has 3 rings (SSSR count). The van der Waals surface area contributed by atoms with Gasteiger partial charge in [-0.1, -0.05) is 12.6 Å². The lowest BCUT2D eigenvalue weighted by atomic mass is 10.0. The zero-order valence-corrected chi connectivity index (χ0v) is 19.0. The van der Waals surface area contributed by atoms with Crippen molar-refractivity contribution < 1.29 is 23.9 Å². The van der Waals surface area contributed by atoms with E-state index < -0.39 is 16.6 Å². The molecule has 0 radical (unpaired) electrons. The van der Waals surface area contributed by atoms with Crippen molar-refractivity contribution in [2.75, 3.05) is 43.6 Å². The summed E-state index contributed by atoms with van der Waals surface area (Å²) in [6, 6.07) is 3.43. The quantitative estimate of drug-likeness (QED) is 0.291. The Bertz CT molecular complexity index is 1010. The fourth-order valence-electron chi connectivity index (χ4n) is 3.44. The Morgan fingerprint density at radius 2 is 2.15 bits per heavy atom. The summed E-state index contributed by atoms with van der Waals surface area (Å²) in [5.41, 5.74) is 6.77. The lowest BCUT2D eigenvalue weighted by molar-refractivity contribution is -0.383. The van der Waals surface area contributed by atoms with Crippen LogP contribution in [0.4, 0.5) is 17.3 Å². The first-order valence-electron chi connectivity index (χ1n) is 10.9. The molecule has 34 heavy (non-hydrogen) atoms. The second kappa shape index (κ2) is 11.9. The fourth-order valence-corrected chi connectivity index (χ4v) is 3.44. The van der Waals surface area contributed by atoms with Crippen LogP contribution >= 0.6 is 0 Å². The Balaban J connectivity index is 1.94.